The first-order chi connectivity index (χ1) is 25.4. The lowest BCUT2D eigenvalue weighted by molar-refractivity contribution is 0.0140. The van der Waals surface area contributed by atoms with Gasteiger partial charge in [0.25, 0.3) is 11.8 Å². The Morgan fingerprint density at radius 1 is 0.528 bits per heavy atom. The van der Waals surface area contributed by atoms with Crippen LogP contribution in [0.5, 0.6) is 0 Å². The number of nitrogens with zero attached hydrogens (tertiary/aromatic N) is 3. The molecule has 0 spiro atoms. The fourth-order valence-electron chi connectivity index (χ4n) is 8.01. The maximum atomic E-state index is 12.7. The van der Waals surface area contributed by atoms with E-state index in [0.717, 1.165) is 75.8 Å². The number of amides is 3. The van der Waals surface area contributed by atoms with Crippen molar-refractivity contribution >= 4 is 23.9 Å². The number of aromatic amines is 3. The molecule has 8 rings (SSSR count). The van der Waals surface area contributed by atoms with Crippen LogP contribution in [0.1, 0.15) is 144 Å². The van der Waals surface area contributed by atoms with Gasteiger partial charge in [-0.15, -0.1) is 0 Å². The van der Waals surface area contributed by atoms with Gasteiger partial charge in [0.05, 0.1) is 0 Å². The second-order valence-electron chi connectivity index (χ2n) is 16.1. The lowest BCUT2D eigenvalue weighted by Gasteiger charge is -2.35. The van der Waals surface area contributed by atoms with Crippen LogP contribution in [0, 0.1) is 0 Å². The molecule has 2 aliphatic heterocycles. The average molecular weight is 731 g/mol. The molecule has 288 valence electrons. The summed E-state index contributed by atoms with van der Waals surface area (Å²) < 4.78 is 5.39. The van der Waals surface area contributed by atoms with E-state index in [9.17, 15) is 19.2 Å². The monoisotopic (exact) mass is 730 g/mol. The number of nitrogens with one attached hydrogen (secondary N) is 3. The van der Waals surface area contributed by atoms with Gasteiger partial charge in [0.2, 0.25) is 0 Å². The molecule has 2 fully saturated rings. The smallest absolute Gasteiger partial charge is 0.410 e. The highest BCUT2D eigenvalue weighted by Crippen LogP contribution is 2.25. The molecule has 0 saturated carbocycles. The molecule has 3 aromatic heterocycles. The van der Waals surface area contributed by atoms with Gasteiger partial charge in [-0.2, -0.15) is 0 Å². The predicted octanol–water partition coefficient (Wildman–Crippen LogP) is 6.70. The molecular formula is C41H58N6O6. The van der Waals surface area contributed by atoms with Gasteiger partial charge in [-0.25, -0.2) is 9.59 Å². The van der Waals surface area contributed by atoms with Crippen molar-refractivity contribution in [1.29, 1.82) is 0 Å². The highest BCUT2D eigenvalue weighted by Gasteiger charge is 2.29. The zero-order chi connectivity index (χ0) is 37.5. The number of aryl methyl sites for hydroxylation is 6. The van der Waals surface area contributed by atoms with Crippen LogP contribution in [0.3, 0.4) is 0 Å². The second kappa shape index (κ2) is 17.1. The van der Waals surface area contributed by atoms with Gasteiger partial charge in [-0.1, -0.05) is 0 Å². The van der Waals surface area contributed by atoms with E-state index in [1.54, 1.807) is 11.0 Å². The van der Waals surface area contributed by atoms with Crippen LogP contribution in [0.15, 0.2) is 18.2 Å². The van der Waals surface area contributed by atoms with Crippen molar-refractivity contribution in [2.75, 3.05) is 39.3 Å². The number of H-pyrrole nitrogens is 3. The van der Waals surface area contributed by atoms with E-state index in [1.165, 1.54) is 73.0 Å². The number of carbonyl (C=O) groups excluding carboxylic acids is 3. The van der Waals surface area contributed by atoms with E-state index >= 15 is 0 Å². The van der Waals surface area contributed by atoms with Crippen LogP contribution in [-0.4, -0.2) is 104 Å². The molecule has 2 saturated heterocycles. The first-order valence-electron chi connectivity index (χ1n) is 19.9. The van der Waals surface area contributed by atoms with Crippen LogP contribution < -0.4 is 0 Å². The minimum absolute atomic E-state index is 0.0354. The van der Waals surface area contributed by atoms with Crippen molar-refractivity contribution in [3.63, 3.8) is 0 Å². The summed E-state index contributed by atoms with van der Waals surface area (Å²) in [7, 11) is 0. The Labute approximate surface area is 313 Å². The van der Waals surface area contributed by atoms with Crippen molar-refractivity contribution in [2.45, 2.75) is 123 Å². The summed E-state index contributed by atoms with van der Waals surface area (Å²) in [5.41, 5.74) is 8.85. The molecule has 3 aromatic rings. The van der Waals surface area contributed by atoms with Crippen molar-refractivity contribution in [1.82, 2.24) is 29.7 Å². The number of likely N-dealkylation sites (tertiary alicyclic amines) is 1. The number of aromatic carboxylic acids is 1. The maximum Gasteiger partial charge on any atom is 0.410 e. The summed E-state index contributed by atoms with van der Waals surface area (Å²) in [6.07, 6.45) is 16.9. The zero-order valence-corrected chi connectivity index (χ0v) is 31.9. The Bertz CT molecular complexity index is 1680. The number of carboxylic acid groups (broad SMARTS) is 1. The quantitative estimate of drug-likeness (QED) is 0.235. The third-order valence-corrected chi connectivity index (χ3v) is 10.9. The van der Waals surface area contributed by atoms with Gasteiger partial charge >= 0.3 is 12.1 Å². The van der Waals surface area contributed by atoms with E-state index in [4.69, 9.17) is 9.84 Å². The normalized spacial score (nSPS) is 18.3. The zero-order valence-electron chi connectivity index (χ0n) is 31.9. The minimum atomic E-state index is -0.857. The number of carbonyl (C=O) groups is 4. The Hall–Kier alpha value is -4.48. The first-order valence-corrected chi connectivity index (χ1v) is 19.9. The van der Waals surface area contributed by atoms with Gasteiger partial charge in [-0.05, 0) is 152 Å². The second-order valence-corrected chi connectivity index (χ2v) is 16.1. The first kappa shape index (κ1) is 38.3. The molecule has 4 N–H and O–H groups in total. The van der Waals surface area contributed by atoms with Crippen LogP contribution in [0.4, 0.5) is 4.79 Å². The number of rotatable bonds is 3. The largest absolute Gasteiger partial charge is 0.477 e. The van der Waals surface area contributed by atoms with Gasteiger partial charge in [-0.3, -0.25) is 9.59 Å². The van der Waals surface area contributed by atoms with Crippen molar-refractivity contribution < 1.29 is 29.0 Å². The third-order valence-electron chi connectivity index (χ3n) is 10.9. The fraction of sp³-hybridized carbons (Fsp3) is 0.610. The summed E-state index contributed by atoms with van der Waals surface area (Å²) in [5, 5.41) is 8.70. The average Bonchev–Trinajstić information content (AvgIpc) is 3.91. The summed E-state index contributed by atoms with van der Waals surface area (Å²) in [5.74, 6) is -0.614. The summed E-state index contributed by atoms with van der Waals surface area (Å²) in [6.45, 7) is 9.56. The molecule has 0 atom stereocenters. The summed E-state index contributed by atoms with van der Waals surface area (Å²) in [6, 6.07) is 5.86. The maximum absolute atomic E-state index is 12.7. The molecule has 3 aliphatic carbocycles. The van der Waals surface area contributed by atoms with E-state index in [2.05, 4.69) is 21.0 Å². The Morgan fingerprint density at radius 2 is 0.906 bits per heavy atom. The molecule has 0 aromatic carbocycles. The van der Waals surface area contributed by atoms with Gasteiger partial charge in [0.1, 0.15) is 22.7 Å². The number of carboxylic acids is 1. The molecule has 0 bridgehead atoms. The van der Waals surface area contributed by atoms with Crippen molar-refractivity contribution in [3.8, 4) is 0 Å². The SMILES string of the molecule is CC(C)(C)OC(=O)N1CCN(C(=O)c2cc3c([nH]2)CCCC3)CC1.O=C(O)c1cc2c([nH]1)CCCC2.O=C(c1cc2c([nH]1)CCCC2)N1CCCCC1. The van der Waals surface area contributed by atoms with Gasteiger partial charge in [0.15, 0.2) is 0 Å². The molecule has 3 amide bonds. The molecule has 53 heavy (non-hydrogen) atoms. The summed E-state index contributed by atoms with van der Waals surface area (Å²) >= 11 is 0. The number of aromatic nitrogens is 3. The highest BCUT2D eigenvalue weighted by atomic mass is 16.6. The van der Waals surface area contributed by atoms with Crippen LogP contribution >= 0.6 is 0 Å². The molecule has 5 heterocycles. The van der Waals surface area contributed by atoms with E-state index in [-0.39, 0.29) is 17.9 Å². The van der Waals surface area contributed by atoms with E-state index < -0.39 is 11.6 Å². The molecular weight excluding hydrogens is 672 g/mol. The van der Waals surface area contributed by atoms with E-state index in [0.29, 0.717) is 37.6 Å². The number of hydrogen-bond donors (Lipinski definition) is 4. The highest BCUT2D eigenvalue weighted by molar-refractivity contribution is 5.93. The van der Waals surface area contributed by atoms with Crippen molar-refractivity contribution in [3.05, 3.63) is 69.1 Å². The van der Waals surface area contributed by atoms with Crippen LogP contribution in [0.2, 0.25) is 0 Å². The van der Waals surface area contributed by atoms with Gasteiger partial charge in [0, 0.05) is 56.4 Å². The van der Waals surface area contributed by atoms with Crippen LogP contribution in [0.25, 0.3) is 0 Å². The number of piperazine rings is 1. The minimum Gasteiger partial charge on any atom is -0.477 e. The third kappa shape index (κ3) is 9.94. The van der Waals surface area contributed by atoms with E-state index in [1.807, 2.05) is 36.6 Å². The molecule has 0 radical (unpaired) electrons. The Kier molecular flexibility index (Phi) is 12.4. The molecule has 0 unspecified atom stereocenters. The van der Waals surface area contributed by atoms with Crippen molar-refractivity contribution in [2.24, 2.45) is 0 Å². The lowest BCUT2D eigenvalue weighted by Crippen LogP contribution is -2.51. The number of fused-ring (bicyclic) bond motifs is 3. The number of piperidine rings is 1. The molecule has 12 nitrogen and oxygen atoms in total. The van der Waals surface area contributed by atoms with Gasteiger partial charge < -0.3 is 39.5 Å². The van der Waals surface area contributed by atoms with Crippen LogP contribution in [-0.2, 0) is 43.3 Å². The molecule has 12 heteroatoms. The Morgan fingerprint density at radius 3 is 1.32 bits per heavy atom. The number of hydrogen-bond acceptors (Lipinski definition) is 5. The Balaban J connectivity index is 0.000000144. The predicted molar refractivity (Wildman–Crippen MR) is 203 cm³/mol. The summed E-state index contributed by atoms with van der Waals surface area (Å²) in [4.78, 5) is 62.7. The topological polar surface area (TPSA) is 155 Å². The number of ether oxygens (including phenoxy) is 1. The molecule has 5 aliphatic rings. The standard InChI is InChI=1S/C18H27N3O3.C14H20N2O.C9H11NO2/c1-18(2,3)24-17(23)21-10-8-20(9-11-21)16(22)15-12-13-6-4-5-7-14(13)19-15;17-14(16-8-4-1-5-9-16)13-10-11-6-2-3-7-12(11)15-13;11-9(12)8-5-6-3-1-2-4-7(6)10-8/h12,19H,4-11H2,1-3H3;10,15H,1-9H2;5,10H,1-4H2,(H,11,12). The fourth-order valence-corrected chi connectivity index (χ4v) is 8.01. The lowest BCUT2D eigenvalue weighted by atomic mass is 9.98.